The third-order valence-electron chi connectivity index (χ3n) is 5.15. The van der Waals surface area contributed by atoms with Gasteiger partial charge in [-0.3, -0.25) is 0 Å². The lowest BCUT2D eigenvalue weighted by Gasteiger charge is -2.15. The van der Waals surface area contributed by atoms with Crippen LogP contribution >= 0.6 is 15.9 Å². The molecule has 0 saturated heterocycles. The average molecular weight is 535 g/mol. The fourth-order valence-electron chi connectivity index (χ4n) is 3.48. The molecule has 0 aliphatic carbocycles. The van der Waals surface area contributed by atoms with E-state index in [1.165, 1.54) is 0 Å². The molecule has 35 heavy (non-hydrogen) atoms. The highest BCUT2D eigenvalue weighted by Crippen LogP contribution is 2.17. The van der Waals surface area contributed by atoms with Crippen LogP contribution in [0.5, 0.6) is 5.75 Å². The van der Waals surface area contributed by atoms with Crippen molar-refractivity contribution in [1.82, 2.24) is 0 Å². The number of esters is 1. The molecule has 0 aliphatic heterocycles. The second kappa shape index (κ2) is 14.3. The zero-order valence-corrected chi connectivity index (χ0v) is 21.7. The standard InChI is InChI=1S/C30H31BrO4/c1-3-33-29(30(32)34-4-2)22-26-15-17-28(18-16-26)35-19-7-11-23-8-5-9-24(20-23)13-14-25-10-6-12-27(31)21-25/h5-18,20-21,29H,3-4,19,22H2,1-2H3. The number of hydrogen-bond donors (Lipinski definition) is 0. The molecule has 5 heteroatoms. The van der Waals surface area contributed by atoms with Crippen molar-refractivity contribution in [2.45, 2.75) is 26.4 Å². The van der Waals surface area contributed by atoms with E-state index in [4.69, 9.17) is 14.2 Å². The SMILES string of the molecule is CCOC(=O)C(Cc1ccc(OCC=Cc2cccc(C=Cc3cccc(Br)c3)c2)cc1)OCC. The first-order valence-corrected chi connectivity index (χ1v) is 12.6. The van der Waals surface area contributed by atoms with Gasteiger partial charge in [-0.1, -0.05) is 76.6 Å². The lowest BCUT2D eigenvalue weighted by molar-refractivity contribution is -0.156. The van der Waals surface area contributed by atoms with E-state index in [1.807, 2.05) is 55.5 Å². The van der Waals surface area contributed by atoms with Gasteiger partial charge >= 0.3 is 5.97 Å². The quantitative estimate of drug-likeness (QED) is 0.181. The first-order valence-electron chi connectivity index (χ1n) is 11.8. The second-order valence-corrected chi connectivity index (χ2v) is 8.73. The number of carbonyl (C=O) groups is 1. The van der Waals surface area contributed by atoms with Gasteiger partial charge in [0.25, 0.3) is 0 Å². The molecule has 0 bridgehead atoms. The predicted octanol–water partition coefficient (Wildman–Crippen LogP) is 7.22. The van der Waals surface area contributed by atoms with Crippen molar-refractivity contribution in [1.29, 1.82) is 0 Å². The van der Waals surface area contributed by atoms with E-state index < -0.39 is 6.10 Å². The van der Waals surface area contributed by atoms with E-state index in [9.17, 15) is 4.79 Å². The van der Waals surface area contributed by atoms with Crippen LogP contribution in [0, 0.1) is 0 Å². The molecule has 0 fully saturated rings. The van der Waals surface area contributed by atoms with Gasteiger partial charge in [0.15, 0.2) is 6.10 Å². The number of halogens is 1. The Morgan fingerprint density at radius 3 is 2.17 bits per heavy atom. The molecule has 182 valence electrons. The van der Waals surface area contributed by atoms with Crippen LogP contribution in [0.15, 0.2) is 83.3 Å². The van der Waals surface area contributed by atoms with Gasteiger partial charge in [-0.25, -0.2) is 4.79 Å². The molecule has 0 spiro atoms. The van der Waals surface area contributed by atoms with Gasteiger partial charge in [0.2, 0.25) is 0 Å². The van der Waals surface area contributed by atoms with Crippen molar-refractivity contribution in [2.75, 3.05) is 19.8 Å². The summed E-state index contributed by atoms with van der Waals surface area (Å²) in [5.41, 5.74) is 4.39. The van der Waals surface area contributed by atoms with Crippen LogP contribution in [0.25, 0.3) is 18.2 Å². The molecule has 0 N–H and O–H groups in total. The lowest BCUT2D eigenvalue weighted by Crippen LogP contribution is -2.28. The Morgan fingerprint density at radius 2 is 1.51 bits per heavy atom. The first kappa shape index (κ1) is 26.5. The zero-order valence-electron chi connectivity index (χ0n) is 20.2. The van der Waals surface area contributed by atoms with Gasteiger partial charge in [-0.2, -0.15) is 0 Å². The fraction of sp³-hybridized carbons (Fsp3) is 0.233. The Morgan fingerprint density at radius 1 is 0.857 bits per heavy atom. The molecular formula is C30H31BrO4. The van der Waals surface area contributed by atoms with Crippen LogP contribution in [0.1, 0.15) is 36.1 Å². The summed E-state index contributed by atoms with van der Waals surface area (Å²) in [5, 5.41) is 0. The number of carbonyl (C=O) groups excluding carboxylic acids is 1. The number of rotatable bonds is 12. The molecule has 1 atom stereocenters. The van der Waals surface area contributed by atoms with Crippen LogP contribution < -0.4 is 4.74 Å². The minimum absolute atomic E-state index is 0.326. The third kappa shape index (κ3) is 9.19. The second-order valence-electron chi connectivity index (χ2n) is 7.82. The van der Waals surface area contributed by atoms with Crippen LogP contribution in [0.4, 0.5) is 0 Å². The molecule has 0 heterocycles. The Kier molecular flexibility index (Phi) is 10.8. The molecule has 0 amide bonds. The molecule has 0 aromatic heterocycles. The summed E-state index contributed by atoms with van der Waals surface area (Å²) in [7, 11) is 0. The summed E-state index contributed by atoms with van der Waals surface area (Å²) in [6, 6.07) is 24.3. The Bertz CT molecular complexity index is 1140. The van der Waals surface area contributed by atoms with E-state index in [2.05, 4.69) is 64.5 Å². The van der Waals surface area contributed by atoms with Gasteiger partial charge in [-0.15, -0.1) is 0 Å². The summed E-state index contributed by atoms with van der Waals surface area (Å²) in [6.07, 6.45) is 8.14. The fourth-order valence-corrected chi connectivity index (χ4v) is 3.90. The molecular weight excluding hydrogens is 504 g/mol. The number of hydrogen-bond acceptors (Lipinski definition) is 4. The lowest BCUT2D eigenvalue weighted by atomic mass is 10.1. The normalized spacial score (nSPS) is 12.2. The maximum atomic E-state index is 12.0. The van der Waals surface area contributed by atoms with Crippen LogP contribution in [0.2, 0.25) is 0 Å². The third-order valence-corrected chi connectivity index (χ3v) is 5.64. The molecule has 0 saturated carbocycles. The van der Waals surface area contributed by atoms with Crippen molar-refractivity contribution >= 4 is 40.1 Å². The van der Waals surface area contributed by atoms with Gasteiger partial charge in [0.05, 0.1) is 6.61 Å². The molecule has 3 aromatic carbocycles. The minimum Gasteiger partial charge on any atom is -0.490 e. The largest absolute Gasteiger partial charge is 0.490 e. The molecule has 1 unspecified atom stereocenters. The summed E-state index contributed by atoms with van der Waals surface area (Å²) in [5.74, 6) is 0.445. The maximum Gasteiger partial charge on any atom is 0.335 e. The van der Waals surface area contributed by atoms with Crippen LogP contribution in [0.3, 0.4) is 0 Å². The topological polar surface area (TPSA) is 44.8 Å². The van der Waals surface area contributed by atoms with E-state index >= 15 is 0 Å². The molecule has 4 nitrogen and oxygen atoms in total. The highest BCUT2D eigenvalue weighted by atomic mass is 79.9. The van der Waals surface area contributed by atoms with Crippen molar-refractivity contribution in [2.24, 2.45) is 0 Å². The van der Waals surface area contributed by atoms with Crippen LogP contribution in [-0.4, -0.2) is 31.9 Å². The van der Waals surface area contributed by atoms with Gasteiger partial charge < -0.3 is 14.2 Å². The van der Waals surface area contributed by atoms with E-state index in [0.717, 1.165) is 32.5 Å². The van der Waals surface area contributed by atoms with Crippen molar-refractivity contribution in [3.8, 4) is 5.75 Å². The Hall–Kier alpha value is -3.15. The minimum atomic E-state index is -0.588. The van der Waals surface area contributed by atoms with E-state index in [1.54, 1.807) is 6.92 Å². The Balaban J connectivity index is 1.51. The van der Waals surface area contributed by atoms with E-state index in [-0.39, 0.29) is 5.97 Å². The monoisotopic (exact) mass is 534 g/mol. The number of benzene rings is 3. The average Bonchev–Trinajstić information content (AvgIpc) is 2.86. The summed E-state index contributed by atoms with van der Waals surface area (Å²) in [4.78, 5) is 12.0. The first-order chi connectivity index (χ1) is 17.1. The zero-order chi connectivity index (χ0) is 24.9. The Labute approximate surface area is 216 Å². The number of ether oxygens (including phenoxy) is 3. The summed E-state index contributed by atoms with van der Waals surface area (Å²) >= 11 is 3.50. The molecule has 3 rings (SSSR count). The maximum absolute atomic E-state index is 12.0. The summed E-state index contributed by atoms with van der Waals surface area (Å²) in [6.45, 7) is 4.92. The molecule has 3 aromatic rings. The highest BCUT2D eigenvalue weighted by molar-refractivity contribution is 9.10. The molecule has 0 aliphatic rings. The van der Waals surface area contributed by atoms with Crippen molar-refractivity contribution < 1.29 is 19.0 Å². The van der Waals surface area contributed by atoms with E-state index in [0.29, 0.717) is 26.2 Å². The van der Waals surface area contributed by atoms with Gasteiger partial charge in [0, 0.05) is 17.5 Å². The van der Waals surface area contributed by atoms with Crippen molar-refractivity contribution in [3.05, 3.63) is 106 Å². The van der Waals surface area contributed by atoms with Gasteiger partial charge in [-0.05, 0) is 72.5 Å². The summed E-state index contributed by atoms with van der Waals surface area (Å²) < 4.78 is 17.5. The molecule has 0 radical (unpaired) electrons. The smallest absolute Gasteiger partial charge is 0.335 e. The van der Waals surface area contributed by atoms with Gasteiger partial charge in [0.1, 0.15) is 12.4 Å². The van der Waals surface area contributed by atoms with Crippen LogP contribution in [-0.2, 0) is 20.7 Å². The predicted molar refractivity (Wildman–Crippen MR) is 146 cm³/mol. The highest BCUT2D eigenvalue weighted by Gasteiger charge is 2.20. The van der Waals surface area contributed by atoms with Crippen molar-refractivity contribution in [3.63, 3.8) is 0 Å².